The molecule has 1 unspecified atom stereocenters. The number of fused-ring (bicyclic) bond motifs is 1. The fraction of sp³-hybridized carbons (Fsp3) is 0.483. The Labute approximate surface area is 251 Å². The van der Waals surface area contributed by atoms with Crippen molar-refractivity contribution in [3.8, 4) is 0 Å². The lowest BCUT2D eigenvalue weighted by molar-refractivity contribution is -0.125. The van der Waals surface area contributed by atoms with Crippen molar-refractivity contribution in [3.63, 3.8) is 0 Å². The first-order chi connectivity index (χ1) is 19.3. The van der Waals surface area contributed by atoms with Crippen molar-refractivity contribution < 1.29 is 23.1 Å². The number of carbonyl (C=O) groups excluding carboxylic acids is 2. The van der Waals surface area contributed by atoms with Crippen molar-refractivity contribution in [2.45, 2.75) is 57.6 Å². The molecule has 0 aliphatic heterocycles. The van der Waals surface area contributed by atoms with Crippen LogP contribution in [0.4, 0.5) is 0 Å². The Morgan fingerprint density at radius 2 is 1.80 bits per heavy atom. The van der Waals surface area contributed by atoms with Crippen molar-refractivity contribution in [2.24, 2.45) is 11.3 Å². The summed E-state index contributed by atoms with van der Waals surface area (Å²) in [5, 5.41) is 17.7. The number of thiazole rings is 1. The van der Waals surface area contributed by atoms with Crippen LogP contribution in [0.1, 0.15) is 46.1 Å². The third-order valence-corrected chi connectivity index (χ3v) is 9.54. The van der Waals surface area contributed by atoms with Gasteiger partial charge in [0.25, 0.3) is 0 Å². The molecular formula is C29H39ClN4O5S2. The summed E-state index contributed by atoms with van der Waals surface area (Å²) in [7, 11) is -4.14. The Morgan fingerprint density at radius 3 is 2.46 bits per heavy atom. The maximum absolute atomic E-state index is 14.1. The lowest BCUT2D eigenvalue weighted by atomic mass is 9.89. The second-order valence-corrected chi connectivity index (χ2v) is 14.4. The molecule has 3 aromatic rings. The van der Waals surface area contributed by atoms with Gasteiger partial charge in [-0.05, 0) is 35.1 Å². The number of nitrogens with zero attached hydrogens (tertiary/aromatic N) is 2. The van der Waals surface area contributed by atoms with Gasteiger partial charge in [0.1, 0.15) is 11.6 Å². The van der Waals surface area contributed by atoms with Crippen LogP contribution in [0.3, 0.4) is 0 Å². The van der Waals surface area contributed by atoms with E-state index in [4.69, 9.17) is 11.6 Å². The van der Waals surface area contributed by atoms with E-state index in [-0.39, 0.29) is 67.4 Å². The van der Waals surface area contributed by atoms with Crippen LogP contribution in [0.2, 0.25) is 0 Å². The van der Waals surface area contributed by atoms with Crippen molar-refractivity contribution in [1.29, 1.82) is 0 Å². The first kappa shape index (κ1) is 32.9. The molecule has 1 atom stereocenters. The van der Waals surface area contributed by atoms with E-state index in [1.165, 1.54) is 21.7 Å². The van der Waals surface area contributed by atoms with E-state index in [1.807, 2.05) is 58.0 Å². The van der Waals surface area contributed by atoms with Crippen molar-refractivity contribution in [3.05, 3.63) is 59.6 Å². The van der Waals surface area contributed by atoms with Gasteiger partial charge in [-0.3, -0.25) is 9.59 Å². The molecule has 224 valence electrons. The monoisotopic (exact) mass is 622 g/mol. The van der Waals surface area contributed by atoms with Crippen LogP contribution in [-0.4, -0.2) is 65.9 Å². The summed E-state index contributed by atoms with van der Waals surface area (Å²) in [6.07, 6.45) is 0.121. The molecular weight excluding hydrogens is 584 g/mol. The lowest BCUT2D eigenvalue weighted by Crippen LogP contribution is -2.55. The van der Waals surface area contributed by atoms with Crippen LogP contribution in [0, 0.1) is 11.3 Å². The minimum Gasteiger partial charge on any atom is -0.374 e. The van der Waals surface area contributed by atoms with Gasteiger partial charge in [0.15, 0.2) is 0 Å². The van der Waals surface area contributed by atoms with Crippen molar-refractivity contribution >= 4 is 55.0 Å². The van der Waals surface area contributed by atoms with E-state index >= 15 is 0 Å². The number of carbonyl (C=O) groups is 2. The molecule has 0 aliphatic carbocycles. The van der Waals surface area contributed by atoms with Crippen molar-refractivity contribution in [2.75, 3.05) is 25.5 Å². The van der Waals surface area contributed by atoms with Crippen LogP contribution < -0.4 is 10.6 Å². The molecule has 9 nitrogen and oxygen atoms in total. The van der Waals surface area contributed by atoms with E-state index in [0.717, 1.165) is 10.3 Å². The number of halogens is 1. The quantitative estimate of drug-likeness (QED) is 0.173. The molecule has 0 fully saturated rings. The van der Waals surface area contributed by atoms with Crippen LogP contribution in [0.5, 0.6) is 0 Å². The number of hydrogen-bond donors (Lipinski definition) is 3. The number of aliphatic hydroxyl groups is 1. The molecule has 0 saturated heterocycles. The van der Waals surface area contributed by atoms with Gasteiger partial charge in [-0.1, -0.05) is 58.0 Å². The number of rotatable bonds is 15. The van der Waals surface area contributed by atoms with Crippen LogP contribution in [0.15, 0.2) is 58.9 Å². The molecule has 12 heteroatoms. The largest absolute Gasteiger partial charge is 0.374 e. The zero-order valence-electron chi connectivity index (χ0n) is 23.9. The van der Waals surface area contributed by atoms with E-state index in [2.05, 4.69) is 15.6 Å². The Balaban J connectivity index is 1.86. The number of sulfonamides is 1. The smallest absolute Gasteiger partial charge is 0.245 e. The number of alkyl halides is 1. The zero-order valence-corrected chi connectivity index (χ0v) is 26.3. The first-order valence-corrected chi connectivity index (χ1v) is 16.3. The Bertz CT molecular complexity index is 1430. The molecule has 2 amide bonds. The molecule has 41 heavy (non-hydrogen) atoms. The van der Waals surface area contributed by atoms with Crippen LogP contribution >= 0.6 is 22.9 Å². The van der Waals surface area contributed by atoms with Gasteiger partial charge in [0.2, 0.25) is 21.8 Å². The van der Waals surface area contributed by atoms with Gasteiger partial charge in [0, 0.05) is 38.9 Å². The Hall–Kier alpha value is -2.57. The van der Waals surface area contributed by atoms with Crippen LogP contribution in [-0.2, 0) is 26.0 Å². The minimum absolute atomic E-state index is 0.0359. The highest BCUT2D eigenvalue weighted by Crippen LogP contribution is 2.32. The predicted octanol–water partition coefficient (Wildman–Crippen LogP) is 4.15. The van der Waals surface area contributed by atoms with Crippen molar-refractivity contribution in [1.82, 2.24) is 19.9 Å². The summed E-state index contributed by atoms with van der Waals surface area (Å²) in [5.41, 5.74) is 0.767. The molecule has 1 aromatic heterocycles. The number of amides is 2. The normalized spacial score (nSPS) is 13.9. The van der Waals surface area contributed by atoms with E-state index in [1.54, 1.807) is 17.6 Å². The molecule has 3 rings (SSSR count). The highest BCUT2D eigenvalue weighted by atomic mass is 35.5. The van der Waals surface area contributed by atoms with Gasteiger partial charge in [-0.2, -0.15) is 4.31 Å². The molecule has 0 radical (unpaired) electrons. The average Bonchev–Trinajstić information content (AvgIpc) is 3.38. The number of benzene rings is 2. The minimum atomic E-state index is -4.14. The summed E-state index contributed by atoms with van der Waals surface area (Å²) in [6.45, 7) is 7.88. The molecule has 0 spiro atoms. The van der Waals surface area contributed by atoms with Gasteiger partial charge in [0.05, 0.1) is 20.6 Å². The predicted molar refractivity (Wildman–Crippen MR) is 163 cm³/mol. The molecule has 0 saturated carbocycles. The number of aromatic nitrogens is 1. The van der Waals surface area contributed by atoms with E-state index in [0.29, 0.717) is 5.52 Å². The second-order valence-electron chi connectivity index (χ2n) is 11.4. The third kappa shape index (κ3) is 9.21. The molecule has 1 heterocycles. The fourth-order valence-corrected chi connectivity index (χ4v) is 7.26. The van der Waals surface area contributed by atoms with E-state index < -0.39 is 21.2 Å². The van der Waals surface area contributed by atoms with Gasteiger partial charge >= 0.3 is 0 Å². The highest BCUT2D eigenvalue weighted by molar-refractivity contribution is 7.89. The summed E-state index contributed by atoms with van der Waals surface area (Å²) in [5.74, 6) is -0.827. The first-order valence-electron chi connectivity index (χ1n) is 13.5. The fourth-order valence-electron chi connectivity index (χ4n) is 4.52. The van der Waals surface area contributed by atoms with E-state index in [9.17, 15) is 23.1 Å². The summed E-state index contributed by atoms with van der Waals surface area (Å²) < 4.78 is 30.2. The lowest BCUT2D eigenvalue weighted by Gasteiger charge is -2.40. The maximum Gasteiger partial charge on any atom is 0.245 e. The molecule has 3 N–H and O–H groups in total. The average molecular weight is 623 g/mol. The van der Waals surface area contributed by atoms with Gasteiger partial charge in [-0.25, -0.2) is 13.4 Å². The highest BCUT2D eigenvalue weighted by Gasteiger charge is 2.43. The standard InChI is InChI=1S/C29H39ClN4O5S2/c1-21(2)18-34(41(38,39)23-10-11-24-25(14-23)40-20-33-24)29(37,15-22-8-6-5-7-9-22)12-13-31-26(35)16-28(3,4)19-32-27(36)17-30/h5-11,14,20-21,37H,12-13,15-19H2,1-4H3,(H,31,35)(H,32,36). The SMILES string of the molecule is CC(C)CN(C(O)(CCNC(=O)CC(C)(C)CNC(=O)CCl)Cc1ccccc1)S(=O)(=O)c1ccc2ncsc2c1. The zero-order chi connectivity index (χ0) is 30.3. The Kier molecular flexibility index (Phi) is 11.3. The topological polar surface area (TPSA) is 129 Å². The Morgan fingerprint density at radius 1 is 1.10 bits per heavy atom. The third-order valence-electron chi connectivity index (χ3n) is 6.59. The number of hydrogen-bond acceptors (Lipinski definition) is 7. The maximum atomic E-state index is 14.1. The van der Waals surface area contributed by atoms with Gasteiger partial charge < -0.3 is 15.7 Å². The van der Waals surface area contributed by atoms with Crippen LogP contribution in [0.25, 0.3) is 10.2 Å². The molecule has 0 bridgehead atoms. The van der Waals surface area contributed by atoms with Gasteiger partial charge in [-0.15, -0.1) is 22.9 Å². The summed E-state index contributed by atoms with van der Waals surface area (Å²) in [4.78, 5) is 28.7. The molecule has 0 aliphatic rings. The molecule has 2 aromatic carbocycles. The second kappa shape index (κ2) is 14.1. The number of nitrogens with one attached hydrogen (secondary N) is 2. The summed E-state index contributed by atoms with van der Waals surface area (Å²) >= 11 is 6.89. The summed E-state index contributed by atoms with van der Waals surface area (Å²) in [6, 6.07) is 14.0.